The Morgan fingerprint density at radius 2 is 2.40 bits per heavy atom. The highest BCUT2D eigenvalue weighted by atomic mass is 16.3. The molecule has 1 heterocycles. The third-order valence-electron chi connectivity index (χ3n) is 2.83. The Morgan fingerprint density at radius 3 is 2.70 bits per heavy atom. The molecule has 0 bridgehead atoms. The van der Waals surface area contributed by atoms with Gasteiger partial charge in [0.2, 0.25) is 0 Å². The van der Waals surface area contributed by atoms with Gasteiger partial charge in [0.15, 0.2) is 0 Å². The Hall–Kier alpha value is -0.500. The number of aliphatic hydroxyl groups excluding tert-OH is 1. The number of nitrogens with one attached hydrogen (secondary N) is 1. The van der Waals surface area contributed by atoms with Gasteiger partial charge in [0.1, 0.15) is 5.76 Å². The van der Waals surface area contributed by atoms with Crippen LogP contribution in [-0.4, -0.2) is 17.2 Å². The predicted octanol–water partition coefficient (Wildman–Crippen LogP) is 1.20. The fourth-order valence-electron chi connectivity index (χ4n) is 1.88. The number of hydrogen-bond donors (Lipinski definition) is 2. The van der Waals surface area contributed by atoms with Crippen molar-refractivity contribution < 1.29 is 5.11 Å². The van der Waals surface area contributed by atoms with Crippen molar-refractivity contribution >= 4 is 0 Å². The lowest BCUT2D eigenvalue weighted by molar-refractivity contribution is 0.339. The standard InChI is InChI=1S/C8H13NO/c1-5(10)6-3-8(2)4-7(8)9-6/h6-7,9-10H,1,3-4H2,2H3/t6-,7+,8-/m0/s1. The average molecular weight is 139 g/mol. The largest absolute Gasteiger partial charge is 0.511 e. The zero-order chi connectivity index (χ0) is 7.35. The molecule has 0 spiro atoms. The summed E-state index contributed by atoms with van der Waals surface area (Å²) in [4.78, 5) is 0. The van der Waals surface area contributed by atoms with Crippen molar-refractivity contribution in [3.63, 3.8) is 0 Å². The van der Waals surface area contributed by atoms with E-state index in [-0.39, 0.29) is 6.04 Å². The topological polar surface area (TPSA) is 32.3 Å². The summed E-state index contributed by atoms with van der Waals surface area (Å²) in [5, 5.41) is 12.4. The van der Waals surface area contributed by atoms with Crippen LogP contribution in [0.15, 0.2) is 12.3 Å². The van der Waals surface area contributed by atoms with Gasteiger partial charge in [-0.3, -0.25) is 0 Å². The van der Waals surface area contributed by atoms with E-state index in [0.29, 0.717) is 17.2 Å². The van der Waals surface area contributed by atoms with Gasteiger partial charge in [-0.2, -0.15) is 0 Å². The van der Waals surface area contributed by atoms with Crippen LogP contribution in [0, 0.1) is 5.41 Å². The number of fused-ring (bicyclic) bond motifs is 1. The Balaban J connectivity index is 2.04. The van der Waals surface area contributed by atoms with Gasteiger partial charge in [-0.1, -0.05) is 13.5 Å². The van der Waals surface area contributed by atoms with Gasteiger partial charge in [0, 0.05) is 6.04 Å². The Labute approximate surface area is 60.9 Å². The van der Waals surface area contributed by atoms with E-state index in [1.165, 1.54) is 6.42 Å². The SMILES string of the molecule is C=C(O)[C@@H]1C[C@@]2(C)C[C@H]2N1. The fraction of sp³-hybridized carbons (Fsp3) is 0.750. The molecular formula is C8H13NO. The molecule has 0 aromatic rings. The molecule has 0 radical (unpaired) electrons. The predicted molar refractivity (Wildman–Crippen MR) is 39.8 cm³/mol. The number of hydrogen-bond acceptors (Lipinski definition) is 2. The molecule has 2 fully saturated rings. The monoisotopic (exact) mass is 139 g/mol. The van der Waals surface area contributed by atoms with Gasteiger partial charge < -0.3 is 10.4 Å². The van der Waals surface area contributed by atoms with Crippen molar-refractivity contribution in [2.24, 2.45) is 5.41 Å². The van der Waals surface area contributed by atoms with E-state index >= 15 is 0 Å². The van der Waals surface area contributed by atoms with Crippen molar-refractivity contribution in [1.29, 1.82) is 0 Å². The normalized spacial score (nSPS) is 50.5. The van der Waals surface area contributed by atoms with E-state index in [1.807, 2.05) is 0 Å². The summed E-state index contributed by atoms with van der Waals surface area (Å²) >= 11 is 0. The third-order valence-corrected chi connectivity index (χ3v) is 2.83. The van der Waals surface area contributed by atoms with E-state index in [2.05, 4.69) is 18.8 Å². The summed E-state index contributed by atoms with van der Waals surface area (Å²) < 4.78 is 0. The van der Waals surface area contributed by atoms with Crippen LogP contribution in [0.2, 0.25) is 0 Å². The van der Waals surface area contributed by atoms with Crippen molar-refractivity contribution in [2.45, 2.75) is 31.8 Å². The van der Waals surface area contributed by atoms with Gasteiger partial charge in [-0.15, -0.1) is 0 Å². The lowest BCUT2D eigenvalue weighted by Crippen LogP contribution is -2.26. The van der Waals surface area contributed by atoms with Crippen molar-refractivity contribution in [3.8, 4) is 0 Å². The lowest BCUT2D eigenvalue weighted by atomic mass is 10.0. The quantitative estimate of drug-likeness (QED) is 0.535. The first-order chi connectivity index (χ1) is 4.62. The molecule has 0 aromatic heterocycles. The summed E-state index contributed by atoms with van der Waals surface area (Å²) in [6.45, 7) is 5.77. The molecule has 0 unspecified atom stereocenters. The molecule has 0 amide bonds. The first-order valence-corrected chi connectivity index (χ1v) is 3.76. The second kappa shape index (κ2) is 1.56. The Kier molecular flexibility index (Phi) is 0.972. The average Bonchev–Trinajstić information content (AvgIpc) is 2.32. The molecular weight excluding hydrogens is 126 g/mol. The second-order valence-electron chi connectivity index (χ2n) is 3.83. The summed E-state index contributed by atoms with van der Waals surface area (Å²) in [6, 6.07) is 0.824. The molecule has 2 nitrogen and oxygen atoms in total. The van der Waals surface area contributed by atoms with Crippen LogP contribution < -0.4 is 5.32 Å². The maximum atomic E-state index is 9.05. The summed E-state index contributed by atoms with van der Waals surface area (Å²) in [5.74, 6) is 0.299. The van der Waals surface area contributed by atoms with E-state index < -0.39 is 0 Å². The van der Waals surface area contributed by atoms with E-state index in [1.54, 1.807) is 0 Å². The van der Waals surface area contributed by atoms with Crippen molar-refractivity contribution in [2.75, 3.05) is 0 Å². The highest BCUT2D eigenvalue weighted by molar-refractivity contribution is 5.18. The zero-order valence-corrected chi connectivity index (χ0v) is 6.22. The third kappa shape index (κ3) is 0.686. The van der Waals surface area contributed by atoms with Crippen LogP contribution in [0.25, 0.3) is 0 Å². The van der Waals surface area contributed by atoms with Gasteiger partial charge in [-0.25, -0.2) is 0 Å². The first kappa shape index (κ1) is 6.23. The van der Waals surface area contributed by atoms with Gasteiger partial charge >= 0.3 is 0 Å². The molecule has 10 heavy (non-hydrogen) atoms. The lowest BCUT2D eigenvalue weighted by Gasteiger charge is -2.11. The zero-order valence-electron chi connectivity index (χ0n) is 6.22. The molecule has 56 valence electrons. The number of piperidine rings is 1. The molecule has 2 N–H and O–H groups in total. The molecule has 1 aliphatic carbocycles. The van der Waals surface area contributed by atoms with Crippen molar-refractivity contribution in [1.82, 2.24) is 5.32 Å². The van der Waals surface area contributed by atoms with Gasteiger partial charge in [-0.05, 0) is 18.3 Å². The summed E-state index contributed by atoms with van der Waals surface area (Å²) in [6.07, 6.45) is 2.34. The maximum absolute atomic E-state index is 9.05. The minimum absolute atomic E-state index is 0.170. The molecule has 0 aromatic carbocycles. The smallest absolute Gasteiger partial charge is 0.102 e. The number of aliphatic hydroxyl groups is 1. The van der Waals surface area contributed by atoms with Crippen LogP contribution >= 0.6 is 0 Å². The molecule has 2 aliphatic rings. The maximum Gasteiger partial charge on any atom is 0.102 e. The molecule has 1 aliphatic heterocycles. The molecule has 1 saturated carbocycles. The molecule has 2 heteroatoms. The second-order valence-corrected chi connectivity index (χ2v) is 3.83. The fourth-order valence-corrected chi connectivity index (χ4v) is 1.88. The van der Waals surface area contributed by atoms with Crippen LogP contribution in [0.4, 0.5) is 0 Å². The van der Waals surface area contributed by atoms with Crippen LogP contribution in [-0.2, 0) is 0 Å². The highest BCUT2D eigenvalue weighted by Crippen LogP contribution is 2.54. The summed E-state index contributed by atoms with van der Waals surface area (Å²) in [5.41, 5.74) is 0.482. The van der Waals surface area contributed by atoms with Gasteiger partial charge in [0.25, 0.3) is 0 Å². The van der Waals surface area contributed by atoms with Gasteiger partial charge in [0.05, 0.1) is 6.04 Å². The molecule has 2 rings (SSSR count). The summed E-state index contributed by atoms with van der Waals surface area (Å²) in [7, 11) is 0. The number of rotatable bonds is 1. The minimum Gasteiger partial charge on any atom is -0.511 e. The Morgan fingerprint density at radius 1 is 1.70 bits per heavy atom. The van der Waals surface area contributed by atoms with Crippen LogP contribution in [0.5, 0.6) is 0 Å². The first-order valence-electron chi connectivity index (χ1n) is 3.76. The van der Waals surface area contributed by atoms with E-state index in [4.69, 9.17) is 5.11 Å². The van der Waals surface area contributed by atoms with Crippen LogP contribution in [0.1, 0.15) is 19.8 Å². The molecule has 1 saturated heterocycles. The Bertz CT molecular complexity index is 190. The van der Waals surface area contributed by atoms with E-state index in [0.717, 1.165) is 6.42 Å². The van der Waals surface area contributed by atoms with E-state index in [9.17, 15) is 0 Å². The van der Waals surface area contributed by atoms with Crippen molar-refractivity contribution in [3.05, 3.63) is 12.3 Å². The van der Waals surface area contributed by atoms with Crippen LogP contribution in [0.3, 0.4) is 0 Å². The minimum atomic E-state index is 0.170. The highest BCUT2D eigenvalue weighted by Gasteiger charge is 2.57. The molecule has 3 atom stereocenters.